The van der Waals surface area contributed by atoms with Gasteiger partial charge in [-0.3, -0.25) is 14.4 Å². The van der Waals surface area contributed by atoms with E-state index >= 15 is 0 Å². The second-order valence-electron chi connectivity index (χ2n) is 23.1. The van der Waals surface area contributed by atoms with Crippen LogP contribution in [0.4, 0.5) is 0 Å². The van der Waals surface area contributed by atoms with Gasteiger partial charge in [-0.25, -0.2) is 0 Å². The molecule has 0 fully saturated rings. The summed E-state index contributed by atoms with van der Waals surface area (Å²) < 4.78 is 16.9. The molecule has 0 aliphatic carbocycles. The molecule has 1 atom stereocenters. The smallest absolute Gasteiger partial charge is 0.306 e. The minimum absolute atomic E-state index is 0.0898. The maximum atomic E-state index is 13.0. The fourth-order valence-corrected chi connectivity index (χ4v) is 10.0. The Morgan fingerprint density at radius 3 is 0.762 bits per heavy atom. The van der Waals surface area contributed by atoms with Crippen LogP contribution in [0.3, 0.4) is 0 Å². The summed E-state index contributed by atoms with van der Waals surface area (Å²) in [6.07, 6.45) is 90.4. The zero-order valence-electron chi connectivity index (χ0n) is 53.1. The number of hydrogen-bond donors (Lipinski definition) is 0. The van der Waals surface area contributed by atoms with Crippen LogP contribution < -0.4 is 0 Å². The van der Waals surface area contributed by atoms with Crippen molar-refractivity contribution in [1.29, 1.82) is 0 Å². The van der Waals surface area contributed by atoms with E-state index < -0.39 is 6.10 Å². The van der Waals surface area contributed by atoms with Gasteiger partial charge in [0.25, 0.3) is 0 Å². The van der Waals surface area contributed by atoms with Crippen LogP contribution in [-0.2, 0) is 28.6 Å². The average Bonchev–Trinajstić information content (AvgIpc) is 3.46. The summed E-state index contributed by atoms with van der Waals surface area (Å²) in [5.41, 5.74) is 0. The first-order valence-electron chi connectivity index (χ1n) is 34.6. The van der Waals surface area contributed by atoms with Crippen molar-refractivity contribution < 1.29 is 28.6 Å². The zero-order valence-corrected chi connectivity index (χ0v) is 53.1. The lowest BCUT2D eigenvalue weighted by Crippen LogP contribution is -2.30. The summed E-state index contributed by atoms with van der Waals surface area (Å²) in [5, 5.41) is 0. The highest BCUT2D eigenvalue weighted by Gasteiger charge is 2.19. The molecule has 0 spiro atoms. The maximum Gasteiger partial charge on any atom is 0.306 e. The Bertz CT molecular complexity index is 1520. The predicted octanol–water partition coefficient (Wildman–Crippen LogP) is 23.8. The number of esters is 3. The second kappa shape index (κ2) is 68.1. The lowest BCUT2D eigenvalue weighted by molar-refractivity contribution is -0.167. The van der Waals surface area contributed by atoms with E-state index in [1.165, 1.54) is 212 Å². The standard InChI is InChI=1S/C74H130O6/c1-4-7-10-13-16-19-22-25-28-31-33-35-37-39-40-43-46-49-52-55-58-61-64-67-73(76)79-70-71(69-78-72(75)66-63-60-57-54-51-48-45-42-30-27-24-21-18-15-12-9-6-3)80-74(77)68-65-62-59-56-53-50-47-44-41-38-36-34-32-29-26-23-20-17-14-11-8-5-2/h7,10,16,19,25,28,33,35,39-40,46,49,55,58,71H,4-6,8-9,11-15,17-18,20-24,26-27,29-32,34,36-38,41-45,47-48,50-54,56-57,59-70H2,1-3H3/b10-7-,19-16-,28-25-,35-33-,40-39-,49-46-,58-55-. The Morgan fingerprint density at radius 1 is 0.263 bits per heavy atom. The highest BCUT2D eigenvalue weighted by molar-refractivity contribution is 5.71. The fourth-order valence-electron chi connectivity index (χ4n) is 10.0. The van der Waals surface area contributed by atoms with Gasteiger partial charge in [-0.2, -0.15) is 0 Å². The largest absolute Gasteiger partial charge is 0.462 e. The van der Waals surface area contributed by atoms with E-state index in [1.54, 1.807) is 0 Å². The van der Waals surface area contributed by atoms with Crippen molar-refractivity contribution in [1.82, 2.24) is 0 Å². The number of unbranched alkanes of at least 4 members (excludes halogenated alkanes) is 38. The Morgan fingerprint density at radius 2 is 0.487 bits per heavy atom. The fraction of sp³-hybridized carbons (Fsp3) is 0.770. The van der Waals surface area contributed by atoms with Crippen LogP contribution in [-0.4, -0.2) is 37.2 Å². The van der Waals surface area contributed by atoms with Gasteiger partial charge in [-0.15, -0.1) is 0 Å². The molecule has 0 amide bonds. The molecular weight excluding hydrogens is 985 g/mol. The van der Waals surface area contributed by atoms with Crippen molar-refractivity contribution in [2.24, 2.45) is 0 Å². The quantitative estimate of drug-likeness (QED) is 0.0261. The molecule has 0 aromatic heterocycles. The van der Waals surface area contributed by atoms with E-state index in [2.05, 4.69) is 106 Å². The third-order valence-corrected chi connectivity index (χ3v) is 15.2. The van der Waals surface area contributed by atoms with Crippen LogP contribution >= 0.6 is 0 Å². The topological polar surface area (TPSA) is 78.9 Å². The van der Waals surface area contributed by atoms with E-state index in [0.29, 0.717) is 19.3 Å². The van der Waals surface area contributed by atoms with Gasteiger partial charge in [0.15, 0.2) is 6.10 Å². The molecule has 0 rings (SSSR count). The first-order chi connectivity index (χ1) is 39.5. The van der Waals surface area contributed by atoms with Gasteiger partial charge in [0.2, 0.25) is 0 Å². The van der Waals surface area contributed by atoms with Crippen molar-refractivity contribution in [3.8, 4) is 0 Å². The molecule has 0 saturated carbocycles. The van der Waals surface area contributed by atoms with Crippen LogP contribution in [0.5, 0.6) is 0 Å². The third kappa shape index (κ3) is 65.4. The lowest BCUT2D eigenvalue weighted by atomic mass is 10.0. The molecule has 0 saturated heterocycles. The second-order valence-corrected chi connectivity index (χ2v) is 23.1. The number of hydrogen-bond acceptors (Lipinski definition) is 6. The van der Waals surface area contributed by atoms with Gasteiger partial charge in [0.05, 0.1) is 0 Å². The summed E-state index contributed by atoms with van der Waals surface area (Å²) in [5.74, 6) is -0.931. The lowest BCUT2D eigenvalue weighted by Gasteiger charge is -2.18. The van der Waals surface area contributed by atoms with Crippen molar-refractivity contribution in [3.05, 3.63) is 85.1 Å². The van der Waals surface area contributed by atoms with E-state index in [4.69, 9.17) is 14.2 Å². The molecule has 0 heterocycles. The molecule has 0 aliphatic rings. The Hall–Kier alpha value is -3.41. The number of rotatable bonds is 63. The van der Waals surface area contributed by atoms with E-state index in [-0.39, 0.29) is 37.5 Å². The van der Waals surface area contributed by atoms with Crippen molar-refractivity contribution in [2.75, 3.05) is 13.2 Å². The molecule has 0 aromatic carbocycles. The minimum atomic E-state index is -0.799. The molecule has 6 heteroatoms. The number of carbonyl (C=O) groups excluding carboxylic acids is 3. The average molecular weight is 1120 g/mol. The first-order valence-corrected chi connectivity index (χ1v) is 34.6. The molecule has 462 valence electrons. The molecule has 0 N–H and O–H groups in total. The van der Waals surface area contributed by atoms with Crippen LogP contribution in [0, 0.1) is 0 Å². The maximum absolute atomic E-state index is 13.0. The number of carbonyl (C=O) groups is 3. The van der Waals surface area contributed by atoms with Gasteiger partial charge in [0, 0.05) is 19.3 Å². The number of allylic oxidation sites excluding steroid dienone is 14. The van der Waals surface area contributed by atoms with Crippen molar-refractivity contribution in [3.63, 3.8) is 0 Å². The molecule has 0 radical (unpaired) electrons. The molecule has 6 nitrogen and oxygen atoms in total. The monoisotopic (exact) mass is 1110 g/mol. The van der Waals surface area contributed by atoms with Gasteiger partial charge in [-0.1, -0.05) is 343 Å². The van der Waals surface area contributed by atoms with Gasteiger partial charge in [0.1, 0.15) is 13.2 Å². The normalized spacial score (nSPS) is 12.6. The van der Waals surface area contributed by atoms with E-state index in [0.717, 1.165) is 89.9 Å². The zero-order chi connectivity index (χ0) is 57.8. The Labute approximate surface area is 496 Å². The first kappa shape index (κ1) is 76.6. The third-order valence-electron chi connectivity index (χ3n) is 15.2. The summed E-state index contributed by atoms with van der Waals surface area (Å²) >= 11 is 0. The van der Waals surface area contributed by atoms with Crippen LogP contribution in [0.1, 0.15) is 348 Å². The molecule has 0 aliphatic heterocycles. The molecular formula is C74H130O6. The van der Waals surface area contributed by atoms with Crippen LogP contribution in [0.25, 0.3) is 0 Å². The van der Waals surface area contributed by atoms with Gasteiger partial charge < -0.3 is 14.2 Å². The highest BCUT2D eigenvalue weighted by atomic mass is 16.6. The van der Waals surface area contributed by atoms with E-state index in [9.17, 15) is 14.4 Å². The molecule has 0 bridgehead atoms. The Balaban J connectivity index is 4.43. The predicted molar refractivity (Wildman–Crippen MR) is 348 cm³/mol. The summed E-state index contributed by atoms with van der Waals surface area (Å²) in [4.78, 5) is 38.4. The van der Waals surface area contributed by atoms with Gasteiger partial charge >= 0.3 is 17.9 Å². The summed E-state index contributed by atoms with van der Waals surface area (Å²) in [6, 6.07) is 0. The molecule has 80 heavy (non-hydrogen) atoms. The van der Waals surface area contributed by atoms with Crippen molar-refractivity contribution in [2.45, 2.75) is 354 Å². The Kier molecular flexibility index (Phi) is 65.2. The highest BCUT2D eigenvalue weighted by Crippen LogP contribution is 2.18. The minimum Gasteiger partial charge on any atom is -0.462 e. The number of ether oxygens (including phenoxy) is 3. The van der Waals surface area contributed by atoms with E-state index in [1.807, 2.05) is 0 Å². The molecule has 1 unspecified atom stereocenters. The summed E-state index contributed by atoms with van der Waals surface area (Å²) in [7, 11) is 0. The van der Waals surface area contributed by atoms with Crippen molar-refractivity contribution >= 4 is 17.9 Å². The van der Waals surface area contributed by atoms with Gasteiger partial charge in [-0.05, 0) is 70.6 Å². The summed E-state index contributed by atoms with van der Waals surface area (Å²) in [6.45, 7) is 6.54. The molecule has 0 aromatic rings. The van der Waals surface area contributed by atoms with Crippen LogP contribution in [0.2, 0.25) is 0 Å². The van der Waals surface area contributed by atoms with Crippen LogP contribution in [0.15, 0.2) is 85.1 Å². The SMILES string of the molecule is CC/C=C\C/C=C\C/C=C\C/C=C\C/C=C\C/C=C\C/C=C\CCCC(=O)OCC(COC(=O)CCCCCCCCCCCCCCCCCCC)OC(=O)CCCCCCCCCCCCCCCCCCCCCCCC.